The van der Waals surface area contributed by atoms with Crippen LogP contribution in [0.25, 0.3) is 0 Å². The Bertz CT molecular complexity index is 776. The van der Waals surface area contributed by atoms with Gasteiger partial charge in [-0.2, -0.15) is 5.26 Å². The summed E-state index contributed by atoms with van der Waals surface area (Å²) in [6, 6.07) is 12.6. The molecule has 0 aromatic heterocycles. The summed E-state index contributed by atoms with van der Waals surface area (Å²) >= 11 is 0. The summed E-state index contributed by atoms with van der Waals surface area (Å²) in [6.45, 7) is 4.82. The third-order valence-corrected chi connectivity index (χ3v) is 3.79. The number of hydrogen-bond acceptors (Lipinski definition) is 3. The lowest BCUT2D eigenvalue weighted by molar-refractivity contribution is 0.0167. The SMILES string of the molecule is CC(C)CC(Oc1ccc(C#N)c(C(C)(F)F)c1)c1cccc(O)c1. The first kappa shape index (κ1) is 18.7. The van der Waals surface area contributed by atoms with Gasteiger partial charge in [0.05, 0.1) is 11.6 Å². The topological polar surface area (TPSA) is 53.2 Å². The van der Waals surface area contributed by atoms with E-state index in [0.29, 0.717) is 12.3 Å². The lowest BCUT2D eigenvalue weighted by Gasteiger charge is -2.23. The number of halogens is 2. The Labute approximate surface area is 146 Å². The predicted molar refractivity (Wildman–Crippen MR) is 91.7 cm³/mol. The zero-order valence-corrected chi connectivity index (χ0v) is 14.5. The van der Waals surface area contributed by atoms with E-state index in [1.807, 2.05) is 19.9 Å². The number of hydrogen-bond donors (Lipinski definition) is 1. The molecule has 1 unspecified atom stereocenters. The van der Waals surface area contributed by atoms with Gasteiger partial charge in [-0.3, -0.25) is 0 Å². The van der Waals surface area contributed by atoms with E-state index in [2.05, 4.69) is 0 Å². The number of benzene rings is 2. The highest BCUT2D eigenvalue weighted by Crippen LogP contribution is 2.35. The fourth-order valence-electron chi connectivity index (χ4n) is 2.63. The fraction of sp³-hybridized carbons (Fsp3) is 0.350. The molecule has 1 atom stereocenters. The van der Waals surface area contributed by atoms with Crippen molar-refractivity contribution in [2.24, 2.45) is 5.92 Å². The van der Waals surface area contributed by atoms with Gasteiger partial charge in [0.2, 0.25) is 0 Å². The van der Waals surface area contributed by atoms with Crippen molar-refractivity contribution >= 4 is 0 Å². The van der Waals surface area contributed by atoms with E-state index in [0.717, 1.165) is 12.5 Å². The smallest absolute Gasteiger partial charge is 0.271 e. The minimum Gasteiger partial charge on any atom is -0.508 e. The Kier molecular flexibility index (Phi) is 5.63. The number of nitrogens with zero attached hydrogens (tertiary/aromatic N) is 1. The average molecular weight is 345 g/mol. The third-order valence-electron chi connectivity index (χ3n) is 3.79. The van der Waals surface area contributed by atoms with Gasteiger partial charge in [0.1, 0.15) is 17.6 Å². The van der Waals surface area contributed by atoms with Crippen LogP contribution in [0.3, 0.4) is 0 Å². The molecule has 0 aliphatic carbocycles. The summed E-state index contributed by atoms with van der Waals surface area (Å²) in [5.41, 5.74) is 0.340. The Morgan fingerprint density at radius 3 is 2.48 bits per heavy atom. The van der Waals surface area contributed by atoms with Crippen molar-refractivity contribution in [3.05, 3.63) is 59.2 Å². The van der Waals surface area contributed by atoms with E-state index < -0.39 is 12.0 Å². The van der Waals surface area contributed by atoms with Crippen LogP contribution in [0.4, 0.5) is 8.78 Å². The number of nitriles is 1. The molecule has 0 fully saturated rings. The van der Waals surface area contributed by atoms with Gasteiger partial charge in [-0.25, -0.2) is 8.78 Å². The number of aromatic hydroxyl groups is 1. The van der Waals surface area contributed by atoms with Crippen LogP contribution in [0.15, 0.2) is 42.5 Å². The van der Waals surface area contributed by atoms with Gasteiger partial charge in [0.15, 0.2) is 0 Å². The Morgan fingerprint density at radius 1 is 1.20 bits per heavy atom. The van der Waals surface area contributed by atoms with Crippen LogP contribution in [-0.4, -0.2) is 5.11 Å². The fourth-order valence-corrected chi connectivity index (χ4v) is 2.63. The normalized spacial score (nSPS) is 12.7. The quantitative estimate of drug-likeness (QED) is 0.747. The van der Waals surface area contributed by atoms with Crippen molar-refractivity contribution in [2.45, 2.75) is 39.2 Å². The largest absolute Gasteiger partial charge is 0.508 e. The van der Waals surface area contributed by atoms with E-state index in [1.165, 1.54) is 18.2 Å². The van der Waals surface area contributed by atoms with E-state index in [-0.39, 0.29) is 22.6 Å². The summed E-state index contributed by atoms with van der Waals surface area (Å²) in [7, 11) is 0. The Hall–Kier alpha value is -2.61. The number of ether oxygens (including phenoxy) is 1. The molecule has 0 heterocycles. The molecule has 0 aliphatic rings. The second kappa shape index (κ2) is 7.52. The van der Waals surface area contributed by atoms with Crippen molar-refractivity contribution in [3.8, 4) is 17.6 Å². The minimum absolute atomic E-state index is 0.0717. The van der Waals surface area contributed by atoms with Crippen molar-refractivity contribution in [3.63, 3.8) is 0 Å². The molecule has 0 saturated carbocycles. The molecule has 25 heavy (non-hydrogen) atoms. The first-order chi connectivity index (χ1) is 11.7. The van der Waals surface area contributed by atoms with Crippen LogP contribution in [-0.2, 0) is 5.92 Å². The van der Waals surface area contributed by atoms with Crippen LogP contribution < -0.4 is 4.74 Å². The molecule has 5 heteroatoms. The summed E-state index contributed by atoms with van der Waals surface area (Å²) in [6.07, 6.45) is 0.264. The Morgan fingerprint density at radius 2 is 1.92 bits per heavy atom. The van der Waals surface area contributed by atoms with E-state index in [4.69, 9.17) is 10.00 Å². The van der Waals surface area contributed by atoms with Gasteiger partial charge in [-0.15, -0.1) is 0 Å². The molecule has 3 nitrogen and oxygen atoms in total. The first-order valence-corrected chi connectivity index (χ1v) is 8.08. The second-order valence-electron chi connectivity index (χ2n) is 6.54. The Balaban J connectivity index is 2.38. The standard InChI is InChI=1S/C20H21F2NO2/c1-13(2)9-19(14-5-4-6-16(24)10-14)25-17-8-7-15(12-23)18(11-17)20(3,21)22/h4-8,10-11,13,19,24H,9H2,1-3H3. The molecule has 0 bridgehead atoms. The highest BCUT2D eigenvalue weighted by Gasteiger charge is 2.29. The maximum atomic E-state index is 13.8. The number of phenolic OH excluding ortho intramolecular Hbond substituents is 1. The molecule has 2 aromatic rings. The summed E-state index contributed by atoms with van der Waals surface area (Å²) in [5.74, 6) is -2.44. The van der Waals surface area contributed by atoms with Crippen LogP contribution in [0.5, 0.6) is 11.5 Å². The van der Waals surface area contributed by atoms with Gasteiger partial charge in [0, 0.05) is 12.5 Å². The van der Waals surface area contributed by atoms with Crippen LogP contribution >= 0.6 is 0 Å². The minimum atomic E-state index is -3.14. The van der Waals surface area contributed by atoms with Gasteiger partial charge in [-0.1, -0.05) is 26.0 Å². The van der Waals surface area contributed by atoms with Crippen LogP contribution in [0, 0.1) is 17.2 Å². The monoisotopic (exact) mass is 345 g/mol. The van der Waals surface area contributed by atoms with E-state index in [9.17, 15) is 13.9 Å². The van der Waals surface area contributed by atoms with Gasteiger partial charge < -0.3 is 9.84 Å². The molecule has 1 N–H and O–H groups in total. The predicted octanol–water partition coefficient (Wildman–Crippen LogP) is 5.54. The van der Waals surface area contributed by atoms with E-state index >= 15 is 0 Å². The van der Waals surface area contributed by atoms with Crippen molar-refractivity contribution < 1.29 is 18.6 Å². The third kappa shape index (κ3) is 4.93. The maximum Gasteiger partial charge on any atom is 0.271 e. The summed E-state index contributed by atoms with van der Waals surface area (Å²) < 4.78 is 33.5. The van der Waals surface area contributed by atoms with Crippen LogP contribution in [0.2, 0.25) is 0 Å². The van der Waals surface area contributed by atoms with Crippen molar-refractivity contribution in [1.29, 1.82) is 5.26 Å². The molecule has 0 spiro atoms. The zero-order chi connectivity index (χ0) is 18.6. The molecule has 2 rings (SSSR count). The zero-order valence-electron chi connectivity index (χ0n) is 14.5. The molecule has 0 amide bonds. The molecular formula is C20H21F2NO2. The highest BCUT2D eigenvalue weighted by molar-refractivity contribution is 5.45. The first-order valence-electron chi connectivity index (χ1n) is 8.08. The molecule has 2 aromatic carbocycles. The average Bonchev–Trinajstić information content (AvgIpc) is 2.53. The van der Waals surface area contributed by atoms with Gasteiger partial charge >= 0.3 is 0 Å². The number of phenols is 1. The lowest BCUT2D eigenvalue weighted by atomic mass is 9.98. The molecular weight excluding hydrogens is 324 g/mol. The summed E-state index contributed by atoms with van der Waals surface area (Å²) in [4.78, 5) is 0. The van der Waals surface area contributed by atoms with Crippen molar-refractivity contribution in [1.82, 2.24) is 0 Å². The van der Waals surface area contributed by atoms with Crippen molar-refractivity contribution in [2.75, 3.05) is 0 Å². The maximum absolute atomic E-state index is 13.8. The second-order valence-corrected chi connectivity index (χ2v) is 6.54. The number of alkyl halides is 2. The molecule has 0 saturated heterocycles. The van der Waals surface area contributed by atoms with E-state index in [1.54, 1.807) is 24.3 Å². The molecule has 0 aliphatic heterocycles. The lowest BCUT2D eigenvalue weighted by Crippen LogP contribution is -2.13. The van der Waals surface area contributed by atoms with Gasteiger partial charge in [0.25, 0.3) is 5.92 Å². The molecule has 132 valence electrons. The molecule has 0 radical (unpaired) electrons. The van der Waals surface area contributed by atoms with Crippen LogP contribution in [0.1, 0.15) is 50.0 Å². The summed E-state index contributed by atoms with van der Waals surface area (Å²) in [5, 5.41) is 18.7. The highest BCUT2D eigenvalue weighted by atomic mass is 19.3. The van der Waals surface area contributed by atoms with Gasteiger partial charge in [-0.05, 0) is 48.2 Å². The number of rotatable bonds is 6.